The topological polar surface area (TPSA) is 26.3 Å². The van der Waals surface area contributed by atoms with Crippen LogP contribution in [0.2, 0.25) is 5.02 Å². The molecule has 0 radical (unpaired) electrons. The lowest BCUT2D eigenvalue weighted by molar-refractivity contribution is 0.0673. The molecule has 82 valence electrons. The average molecular weight is 239 g/mol. The van der Waals surface area contributed by atoms with Crippen LogP contribution < -0.4 is 4.74 Å². The number of ketones is 1. The summed E-state index contributed by atoms with van der Waals surface area (Å²) in [5.41, 5.74) is -0.842. The van der Waals surface area contributed by atoms with Crippen molar-refractivity contribution in [1.29, 1.82) is 0 Å². The summed E-state index contributed by atoms with van der Waals surface area (Å²) in [5, 5.41) is -0.362. The number of Topliss-reactive ketones (excluding diaryl/α,β-unsaturated/α-hetero) is 1. The van der Waals surface area contributed by atoms with Crippen LogP contribution in [0.3, 0.4) is 0 Å². The summed E-state index contributed by atoms with van der Waals surface area (Å²) in [7, 11) is 1.16. The van der Waals surface area contributed by atoms with Crippen molar-refractivity contribution in [3.63, 3.8) is 0 Å². The van der Waals surface area contributed by atoms with Crippen LogP contribution in [0, 0.1) is 5.82 Å². The van der Waals surface area contributed by atoms with Gasteiger partial charge >= 0.3 is 6.43 Å². The Morgan fingerprint density at radius 1 is 1.47 bits per heavy atom. The van der Waals surface area contributed by atoms with Crippen LogP contribution in [0.15, 0.2) is 12.1 Å². The lowest BCUT2D eigenvalue weighted by atomic mass is 10.1. The summed E-state index contributed by atoms with van der Waals surface area (Å²) in [4.78, 5) is 10.9. The van der Waals surface area contributed by atoms with E-state index in [9.17, 15) is 18.0 Å². The van der Waals surface area contributed by atoms with Crippen molar-refractivity contribution in [3.05, 3.63) is 28.5 Å². The fourth-order valence-electron chi connectivity index (χ4n) is 1.03. The molecule has 15 heavy (non-hydrogen) atoms. The number of hydrogen-bond donors (Lipinski definition) is 0. The van der Waals surface area contributed by atoms with Crippen molar-refractivity contribution in [1.82, 2.24) is 0 Å². The zero-order valence-corrected chi connectivity index (χ0v) is 8.32. The van der Waals surface area contributed by atoms with E-state index in [1.54, 1.807) is 0 Å². The van der Waals surface area contributed by atoms with Crippen LogP contribution in [0.5, 0.6) is 5.75 Å². The van der Waals surface area contributed by atoms with Crippen molar-refractivity contribution in [2.75, 3.05) is 7.11 Å². The van der Waals surface area contributed by atoms with E-state index in [1.165, 1.54) is 0 Å². The highest BCUT2D eigenvalue weighted by Gasteiger charge is 2.26. The molecule has 0 aliphatic rings. The lowest BCUT2D eigenvalue weighted by Crippen LogP contribution is -2.13. The average Bonchev–Trinajstić information content (AvgIpc) is 2.17. The Bertz CT molecular complexity index is 393. The molecule has 0 atom stereocenters. The molecule has 6 heteroatoms. The molecule has 0 N–H and O–H groups in total. The third kappa shape index (κ3) is 2.23. The number of ether oxygens (including phenoxy) is 1. The van der Waals surface area contributed by atoms with Gasteiger partial charge in [-0.15, -0.1) is 0 Å². The monoisotopic (exact) mass is 238 g/mol. The number of carbonyl (C=O) groups excluding carboxylic acids is 1. The molecule has 0 aromatic heterocycles. The Morgan fingerprint density at radius 3 is 2.53 bits per heavy atom. The van der Waals surface area contributed by atoms with Crippen molar-refractivity contribution < 1.29 is 22.7 Å². The van der Waals surface area contributed by atoms with Crippen molar-refractivity contribution in [2.45, 2.75) is 6.43 Å². The normalized spacial score (nSPS) is 10.5. The van der Waals surface area contributed by atoms with E-state index in [1.807, 2.05) is 0 Å². The Kier molecular flexibility index (Phi) is 3.57. The molecule has 1 aromatic carbocycles. The highest BCUT2D eigenvalue weighted by molar-refractivity contribution is 6.34. The Balaban J connectivity index is 3.33. The largest absolute Gasteiger partial charge is 0.494 e. The highest BCUT2D eigenvalue weighted by atomic mass is 35.5. The van der Waals surface area contributed by atoms with Crippen LogP contribution in [-0.4, -0.2) is 19.3 Å². The van der Waals surface area contributed by atoms with E-state index in [-0.39, 0.29) is 10.8 Å². The van der Waals surface area contributed by atoms with E-state index in [4.69, 9.17) is 11.6 Å². The molecule has 1 rings (SSSR count). The van der Waals surface area contributed by atoms with E-state index in [0.717, 1.165) is 19.2 Å². The van der Waals surface area contributed by atoms with Crippen LogP contribution in [0.25, 0.3) is 0 Å². The maximum absolute atomic E-state index is 13.4. The van der Waals surface area contributed by atoms with E-state index >= 15 is 0 Å². The summed E-state index contributed by atoms with van der Waals surface area (Å²) in [6, 6.07) is 2.28. The second-order valence-electron chi connectivity index (χ2n) is 2.60. The highest BCUT2D eigenvalue weighted by Crippen LogP contribution is 2.28. The van der Waals surface area contributed by atoms with Gasteiger partial charge in [-0.3, -0.25) is 4.79 Å². The molecule has 1 aromatic rings. The van der Waals surface area contributed by atoms with E-state index in [2.05, 4.69) is 4.74 Å². The van der Waals surface area contributed by atoms with E-state index in [0.29, 0.717) is 0 Å². The number of hydrogen-bond acceptors (Lipinski definition) is 2. The zero-order valence-electron chi connectivity index (χ0n) is 7.56. The minimum Gasteiger partial charge on any atom is -0.494 e. The molecule has 0 bridgehead atoms. The van der Waals surface area contributed by atoms with Gasteiger partial charge in [0, 0.05) is 0 Å². The summed E-state index contributed by atoms with van der Waals surface area (Å²) in [6.07, 6.45) is -3.30. The van der Waals surface area contributed by atoms with E-state index < -0.39 is 23.6 Å². The standard InChI is InChI=1S/C9H6ClF3O2/c1-15-5-3-2-4(10)6(7(5)11)8(14)9(12)13/h2-3,9H,1H3. The maximum atomic E-state index is 13.4. The Labute approximate surface area is 88.6 Å². The van der Waals surface area contributed by atoms with Gasteiger partial charge in [0.2, 0.25) is 5.78 Å². The van der Waals surface area contributed by atoms with Gasteiger partial charge in [-0.25, -0.2) is 13.2 Å². The fraction of sp³-hybridized carbons (Fsp3) is 0.222. The first-order valence-corrected chi connectivity index (χ1v) is 4.21. The molecule has 0 unspecified atom stereocenters. The molecule has 0 heterocycles. The van der Waals surface area contributed by atoms with Gasteiger partial charge in [0.25, 0.3) is 0 Å². The first-order chi connectivity index (χ1) is 6.99. The molecule has 0 aliphatic heterocycles. The number of benzene rings is 1. The number of alkyl halides is 2. The van der Waals surface area contributed by atoms with Gasteiger partial charge in [0.05, 0.1) is 17.7 Å². The fourth-order valence-corrected chi connectivity index (χ4v) is 1.27. The number of methoxy groups -OCH3 is 1. The SMILES string of the molecule is COc1ccc(Cl)c(C(=O)C(F)F)c1F. The molecular formula is C9H6ClF3O2. The smallest absolute Gasteiger partial charge is 0.300 e. The van der Waals surface area contributed by atoms with Gasteiger partial charge in [0.1, 0.15) is 0 Å². The number of carbonyl (C=O) groups is 1. The maximum Gasteiger partial charge on any atom is 0.300 e. The van der Waals surface area contributed by atoms with Crippen molar-refractivity contribution in [3.8, 4) is 5.75 Å². The van der Waals surface area contributed by atoms with Gasteiger partial charge in [-0.05, 0) is 12.1 Å². The Morgan fingerprint density at radius 2 is 2.07 bits per heavy atom. The minimum atomic E-state index is -3.30. The molecule has 0 saturated heterocycles. The number of halogens is 4. The summed E-state index contributed by atoms with van der Waals surface area (Å²) < 4.78 is 42.1. The molecule has 0 fully saturated rings. The van der Waals surface area contributed by atoms with Gasteiger partial charge < -0.3 is 4.74 Å². The second-order valence-corrected chi connectivity index (χ2v) is 3.01. The molecular weight excluding hydrogens is 233 g/mol. The van der Waals surface area contributed by atoms with Crippen LogP contribution in [-0.2, 0) is 0 Å². The quantitative estimate of drug-likeness (QED) is 0.757. The third-order valence-corrected chi connectivity index (χ3v) is 2.04. The van der Waals surface area contributed by atoms with Gasteiger partial charge in [0.15, 0.2) is 11.6 Å². The van der Waals surface area contributed by atoms with Gasteiger partial charge in [-0.2, -0.15) is 0 Å². The predicted molar refractivity (Wildman–Crippen MR) is 48.3 cm³/mol. The summed E-state index contributed by atoms with van der Waals surface area (Å²) >= 11 is 5.45. The van der Waals surface area contributed by atoms with Crippen molar-refractivity contribution >= 4 is 17.4 Å². The zero-order chi connectivity index (χ0) is 11.6. The summed E-state index contributed by atoms with van der Waals surface area (Å²) in [5.74, 6) is -3.13. The molecule has 0 saturated carbocycles. The first-order valence-electron chi connectivity index (χ1n) is 3.83. The molecule has 0 aliphatic carbocycles. The minimum absolute atomic E-state index is 0.302. The second kappa shape index (κ2) is 4.53. The number of rotatable bonds is 3. The Hall–Kier alpha value is -1.23. The van der Waals surface area contributed by atoms with Crippen LogP contribution in [0.1, 0.15) is 10.4 Å². The van der Waals surface area contributed by atoms with Crippen molar-refractivity contribution in [2.24, 2.45) is 0 Å². The van der Waals surface area contributed by atoms with Crippen LogP contribution >= 0.6 is 11.6 Å². The predicted octanol–water partition coefficient (Wildman–Crippen LogP) is 2.94. The van der Waals surface area contributed by atoms with Crippen LogP contribution in [0.4, 0.5) is 13.2 Å². The lowest BCUT2D eigenvalue weighted by Gasteiger charge is -2.07. The van der Waals surface area contributed by atoms with Gasteiger partial charge in [-0.1, -0.05) is 11.6 Å². The molecule has 0 amide bonds. The summed E-state index contributed by atoms with van der Waals surface area (Å²) in [6.45, 7) is 0. The third-order valence-electron chi connectivity index (χ3n) is 1.72. The molecule has 0 spiro atoms. The molecule has 2 nitrogen and oxygen atoms in total. The first kappa shape index (κ1) is 11.8.